The third-order valence-electron chi connectivity index (χ3n) is 4.16. The highest BCUT2D eigenvalue weighted by Gasteiger charge is 2.42. The number of carbonyl (C=O) groups is 2. The molecule has 1 fully saturated rings. The number of rotatable bonds is 4. The van der Waals surface area contributed by atoms with Crippen molar-refractivity contribution in [1.82, 2.24) is 25.0 Å². The van der Waals surface area contributed by atoms with Gasteiger partial charge in [-0.1, -0.05) is 6.92 Å². The number of aliphatic carboxylic acids is 1. The Kier molecular flexibility index (Phi) is 4.44. The van der Waals surface area contributed by atoms with Crippen LogP contribution in [0.4, 0.5) is 4.79 Å². The highest BCUT2D eigenvalue weighted by atomic mass is 16.4. The fraction of sp³-hybridized carbons (Fsp3) is 0.692. The molecule has 0 saturated carbocycles. The maximum atomic E-state index is 12.4. The van der Waals surface area contributed by atoms with Crippen molar-refractivity contribution >= 4 is 12.0 Å². The van der Waals surface area contributed by atoms with Crippen molar-refractivity contribution in [2.45, 2.75) is 32.7 Å². The molecule has 0 bridgehead atoms. The summed E-state index contributed by atoms with van der Waals surface area (Å²) in [6.45, 7) is 3.04. The number of aromatic nitrogens is 3. The summed E-state index contributed by atoms with van der Waals surface area (Å²) in [7, 11) is 1.67. The number of aromatic amines is 1. The zero-order valence-corrected chi connectivity index (χ0v) is 12.4. The second kappa shape index (κ2) is 6.11. The van der Waals surface area contributed by atoms with E-state index in [1.165, 1.54) is 11.2 Å². The number of carboxylic acid groups (broad SMARTS) is 1. The number of carboxylic acids is 1. The number of nitrogens with one attached hydrogen (secondary N) is 1. The van der Waals surface area contributed by atoms with Crippen LogP contribution in [0.1, 0.15) is 32.0 Å². The van der Waals surface area contributed by atoms with Gasteiger partial charge in [-0.2, -0.15) is 5.10 Å². The molecule has 21 heavy (non-hydrogen) atoms. The number of likely N-dealkylation sites (tertiary alicyclic amines) is 1. The van der Waals surface area contributed by atoms with Crippen LogP contribution in [0.2, 0.25) is 0 Å². The molecule has 1 saturated heterocycles. The lowest BCUT2D eigenvalue weighted by Gasteiger charge is -2.40. The fourth-order valence-corrected chi connectivity index (χ4v) is 2.75. The van der Waals surface area contributed by atoms with E-state index in [1.807, 2.05) is 6.92 Å². The van der Waals surface area contributed by atoms with Gasteiger partial charge in [0.15, 0.2) is 0 Å². The third-order valence-corrected chi connectivity index (χ3v) is 4.16. The lowest BCUT2D eigenvalue weighted by molar-refractivity contribution is -0.152. The van der Waals surface area contributed by atoms with Crippen LogP contribution in [0, 0.1) is 5.41 Å². The summed E-state index contributed by atoms with van der Waals surface area (Å²) < 4.78 is 0. The maximum Gasteiger partial charge on any atom is 0.320 e. The molecule has 0 aromatic carbocycles. The number of hydrogen-bond acceptors (Lipinski definition) is 4. The predicted molar refractivity (Wildman–Crippen MR) is 74.4 cm³/mol. The summed E-state index contributed by atoms with van der Waals surface area (Å²) >= 11 is 0. The molecule has 1 aliphatic rings. The second-order valence-electron chi connectivity index (χ2n) is 5.53. The average Bonchev–Trinajstić information content (AvgIpc) is 2.99. The minimum Gasteiger partial charge on any atom is -0.481 e. The van der Waals surface area contributed by atoms with Crippen LogP contribution >= 0.6 is 0 Å². The van der Waals surface area contributed by atoms with E-state index < -0.39 is 11.4 Å². The number of urea groups is 1. The molecule has 2 amide bonds. The molecule has 0 spiro atoms. The van der Waals surface area contributed by atoms with Crippen molar-refractivity contribution in [1.29, 1.82) is 0 Å². The summed E-state index contributed by atoms with van der Waals surface area (Å²) in [6, 6.07) is -0.176. The first kappa shape index (κ1) is 15.3. The fourth-order valence-electron chi connectivity index (χ4n) is 2.75. The molecule has 2 heterocycles. The van der Waals surface area contributed by atoms with Gasteiger partial charge in [0.1, 0.15) is 12.2 Å². The number of piperidine rings is 1. The number of amides is 2. The van der Waals surface area contributed by atoms with E-state index in [9.17, 15) is 14.7 Å². The Morgan fingerprint density at radius 2 is 2.33 bits per heavy atom. The lowest BCUT2D eigenvalue weighted by Crippen LogP contribution is -2.52. The Bertz CT molecular complexity index is 504. The van der Waals surface area contributed by atoms with Crippen molar-refractivity contribution in [3.63, 3.8) is 0 Å². The van der Waals surface area contributed by atoms with E-state index in [0.717, 1.165) is 0 Å². The van der Waals surface area contributed by atoms with Crippen molar-refractivity contribution in [3.8, 4) is 0 Å². The Labute approximate surface area is 123 Å². The summed E-state index contributed by atoms with van der Waals surface area (Å²) in [5.41, 5.74) is -0.818. The SMILES string of the molecule is CCC1(C(=O)O)CCCN(C(=O)N(C)Cc2ncn[nH]2)C1. The molecule has 2 rings (SSSR count). The van der Waals surface area contributed by atoms with Gasteiger partial charge in [-0.3, -0.25) is 9.89 Å². The first-order chi connectivity index (χ1) is 9.98. The highest BCUT2D eigenvalue weighted by molar-refractivity contribution is 5.78. The first-order valence-corrected chi connectivity index (χ1v) is 7.06. The summed E-state index contributed by atoms with van der Waals surface area (Å²) in [5.74, 6) is -0.219. The van der Waals surface area contributed by atoms with Crippen molar-refractivity contribution in [3.05, 3.63) is 12.2 Å². The van der Waals surface area contributed by atoms with Crippen molar-refractivity contribution < 1.29 is 14.7 Å². The van der Waals surface area contributed by atoms with Gasteiger partial charge in [-0.25, -0.2) is 9.78 Å². The molecule has 0 radical (unpaired) electrons. The van der Waals surface area contributed by atoms with Crippen LogP contribution in [0.3, 0.4) is 0 Å². The first-order valence-electron chi connectivity index (χ1n) is 7.06. The van der Waals surface area contributed by atoms with Gasteiger partial charge in [0.25, 0.3) is 0 Å². The molecular weight excluding hydrogens is 274 g/mol. The van der Waals surface area contributed by atoms with Crippen LogP contribution in [0.15, 0.2) is 6.33 Å². The van der Waals surface area contributed by atoms with E-state index in [1.54, 1.807) is 11.9 Å². The van der Waals surface area contributed by atoms with E-state index in [4.69, 9.17) is 0 Å². The summed E-state index contributed by atoms with van der Waals surface area (Å²) in [4.78, 5) is 31.1. The van der Waals surface area contributed by atoms with Crippen LogP contribution in [-0.2, 0) is 11.3 Å². The average molecular weight is 295 g/mol. The molecule has 1 aromatic rings. The molecule has 2 N–H and O–H groups in total. The van der Waals surface area contributed by atoms with Crippen LogP contribution in [-0.4, -0.2) is 62.2 Å². The Morgan fingerprint density at radius 1 is 1.57 bits per heavy atom. The van der Waals surface area contributed by atoms with E-state index in [-0.39, 0.29) is 12.6 Å². The van der Waals surface area contributed by atoms with Crippen LogP contribution in [0.25, 0.3) is 0 Å². The van der Waals surface area contributed by atoms with Crippen LogP contribution in [0.5, 0.6) is 0 Å². The predicted octanol–water partition coefficient (Wildman–Crippen LogP) is 0.933. The molecule has 116 valence electrons. The molecule has 1 unspecified atom stereocenters. The Hall–Kier alpha value is -2.12. The zero-order chi connectivity index (χ0) is 15.5. The number of H-pyrrole nitrogens is 1. The Balaban J connectivity index is 2.03. The molecule has 1 aliphatic heterocycles. The standard InChI is InChI=1S/C13H21N5O3/c1-3-13(11(19)20)5-4-6-18(8-13)12(21)17(2)7-10-14-9-15-16-10/h9H,3-8H2,1-2H3,(H,19,20)(H,14,15,16). The monoisotopic (exact) mass is 295 g/mol. The smallest absolute Gasteiger partial charge is 0.320 e. The zero-order valence-electron chi connectivity index (χ0n) is 12.4. The van der Waals surface area contributed by atoms with Gasteiger partial charge in [0.05, 0.1) is 12.0 Å². The molecular formula is C13H21N5O3. The molecule has 1 atom stereocenters. The minimum absolute atomic E-state index is 0.176. The van der Waals surface area contributed by atoms with Gasteiger partial charge in [-0.05, 0) is 19.3 Å². The Morgan fingerprint density at radius 3 is 2.90 bits per heavy atom. The minimum atomic E-state index is -0.819. The largest absolute Gasteiger partial charge is 0.481 e. The lowest BCUT2D eigenvalue weighted by atomic mass is 9.78. The molecule has 1 aromatic heterocycles. The number of hydrogen-bond donors (Lipinski definition) is 2. The number of carbonyl (C=O) groups excluding carboxylic acids is 1. The van der Waals surface area contributed by atoms with Gasteiger partial charge >= 0.3 is 12.0 Å². The topological polar surface area (TPSA) is 102 Å². The quantitative estimate of drug-likeness (QED) is 0.860. The van der Waals surface area contributed by atoms with Crippen LogP contribution < -0.4 is 0 Å². The van der Waals surface area contributed by atoms with Crippen molar-refractivity contribution in [2.75, 3.05) is 20.1 Å². The third kappa shape index (κ3) is 3.14. The van der Waals surface area contributed by atoms with Gasteiger partial charge in [0.2, 0.25) is 0 Å². The molecule has 8 heteroatoms. The molecule has 0 aliphatic carbocycles. The maximum absolute atomic E-state index is 12.4. The van der Waals surface area contributed by atoms with Gasteiger partial charge in [-0.15, -0.1) is 0 Å². The normalized spacial score (nSPS) is 22.1. The van der Waals surface area contributed by atoms with Gasteiger partial charge in [0, 0.05) is 20.1 Å². The van der Waals surface area contributed by atoms with E-state index in [2.05, 4.69) is 15.2 Å². The van der Waals surface area contributed by atoms with Crippen molar-refractivity contribution in [2.24, 2.45) is 5.41 Å². The van der Waals surface area contributed by atoms with E-state index in [0.29, 0.717) is 38.2 Å². The summed E-state index contributed by atoms with van der Waals surface area (Å²) in [6.07, 6.45) is 3.25. The second-order valence-corrected chi connectivity index (χ2v) is 5.53. The van der Waals surface area contributed by atoms with Gasteiger partial charge < -0.3 is 14.9 Å². The highest BCUT2D eigenvalue weighted by Crippen LogP contribution is 2.34. The summed E-state index contributed by atoms with van der Waals surface area (Å²) in [5, 5.41) is 15.9. The molecule has 8 nitrogen and oxygen atoms in total. The number of nitrogens with zero attached hydrogens (tertiary/aromatic N) is 4. The van der Waals surface area contributed by atoms with E-state index >= 15 is 0 Å².